The number of hydrogen-bond donors (Lipinski definition) is 0. The molecule has 0 aliphatic heterocycles. The molecule has 0 aliphatic carbocycles. The third-order valence-electron chi connectivity index (χ3n) is 10.8. The maximum absolute atomic E-state index is 5.19. The molecule has 0 saturated heterocycles. The highest BCUT2D eigenvalue weighted by atomic mass is 15.0. The Kier molecular flexibility index (Phi) is 7.14. The summed E-state index contributed by atoms with van der Waals surface area (Å²) in [6.07, 6.45) is 0. The fraction of sp³-hybridized carbons (Fsp3) is 0. The highest BCUT2D eigenvalue weighted by Crippen LogP contribution is 2.40. The van der Waals surface area contributed by atoms with Crippen LogP contribution in [0.5, 0.6) is 0 Å². The van der Waals surface area contributed by atoms with E-state index in [1.165, 1.54) is 43.2 Å². The molecule has 9 aromatic carbocycles. The molecule has 0 atom stereocenters. The average molecular weight is 701 g/mol. The Morgan fingerprint density at radius 1 is 0.291 bits per heavy atom. The fourth-order valence-electron chi connectivity index (χ4n) is 8.05. The Morgan fingerprint density at radius 2 is 0.782 bits per heavy atom. The van der Waals surface area contributed by atoms with E-state index in [0.717, 1.165) is 44.4 Å². The summed E-state index contributed by atoms with van der Waals surface area (Å²) in [5.41, 5.74) is 8.43. The maximum atomic E-state index is 5.19. The number of para-hydroxylation sites is 1. The lowest BCUT2D eigenvalue weighted by molar-refractivity contribution is 1.07. The first kappa shape index (κ1) is 31.1. The van der Waals surface area contributed by atoms with Crippen molar-refractivity contribution in [3.05, 3.63) is 194 Å². The van der Waals surface area contributed by atoms with Gasteiger partial charge >= 0.3 is 0 Å². The zero-order valence-electron chi connectivity index (χ0n) is 29.8. The van der Waals surface area contributed by atoms with Gasteiger partial charge in [-0.15, -0.1) is 0 Å². The van der Waals surface area contributed by atoms with Crippen LogP contribution in [0.15, 0.2) is 194 Å². The van der Waals surface area contributed by atoms with Crippen LogP contribution in [-0.2, 0) is 0 Å². The van der Waals surface area contributed by atoms with Crippen molar-refractivity contribution in [2.24, 2.45) is 0 Å². The minimum atomic E-state index is 0.624. The van der Waals surface area contributed by atoms with Gasteiger partial charge in [0, 0.05) is 33.0 Å². The monoisotopic (exact) mass is 700 g/mol. The topological polar surface area (TPSA) is 43.6 Å². The summed E-state index contributed by atoms with van der Waals surface area (Å²) in [7, 11) is 0. The van der Waals surface area contributed by atoms with Crippen LogP contribution < -0.4 is 0 Å². The third-order valence-corrected chi connectivity index (χ3v) is 10.8. The number of nitrogens with zero attached hydrogens (tertiary/aromatic N) is 4. The van der Waals surface area contributed by atoms with Crippen molar-refractivity contribution in [1.82, 2.24) is 19.5 Å². The fourth-order valence-corrected chi connectivity index (χ4v) is 8.05. The molecule has 0 radical (unpaired) electrons. The lowest BCUT2D eigenvalue weighted by Gasteiger charge is -2.17. The summed E-state index contributed by atoms with van der Waals surface area (Å²) in [4.78, 5) is 15.4. The van der Waals surface area contributed by atoms with Gasteiger partial charge in [0.1, 0.15) is 0 Å². The van der Waals surface area contributed by atoms with Crippen molar-refractivity contribution >= 4 is 54.1 Å². The van der Waals surface area contributed by atoms with Crippen molar-refractivity contribution < 1.29 is 0 Å². The highest BCUT2D eigenvalue weighted by molar-refractivity contribution is 6.14. The molecular weight excluding hydrogens is 669 g/mol. The van der Waals surface area contributed by atoms with Gasteiger partial charge in [0.05, 0.1) is 16.7 Å². The normalized spacial score (nSPS) is 11.6. The Morgan fingerprint density at radius 3 is 1.47 bits per heavy atom. The first-order valence-corrected chi connectivity index (χ1v) is 18.6. The molecule has 11 aromatic rings. The number of benzene rings is 9. The molecule has 0 aliphatic rings. The molecule has 0 amide bonds. The molecule has 11 rings (SSSR count). The number of rotatable bonds is 5. The van der Waals surface area contributed by atoms with E-state index >= 15 is 0 Å². The van der Waals surface area contributed by atoms with Crippen molar-refractivity contribution in [2.75, 3.05) is 0 Å². The smallest absolute Gasteiger partial charge is 0.164 e. The van der Waals surface area contributed by atoms with E-state index in [2.05, 4.69) is 180 Å². The van der Waals surface area contributed by atoms with Gasteiger partial charge in [0.15, 0.2) is 17.5 Å². The molecule has 256 valence electrons. The number of fused-ring (bicyclic) bond motifs is 6. The number of hydrogen-bond acceptors (Lipinski definition) is 3. The Bertz CT molecular complexity index is 3270. The average Bonchev–Trinajstić information content (AvgIpc) is 3.58. The van der Waals surface area contributed by atoms with Crippen LogP contribution in [0.3, 0.4) is 0 Å². The highest BCUT2D eigenvalue weighted by Gasteiger charge is 2.19. The summed E-state index contributed by atoms with van der Waals surface area (Å²) >= 11 is 0. The second kappa shape index (κ2) is 12.6. The molecule has 0 bridgehead atoms. The third kappa shape index (κ3) is 5.34. The number of aromatic nitrogens is 4. The Labute approximate surface area is 317 Å². The van der Waals surface area contributed by atoms with Crippen LogP contribution in [0.1, 0.15) is 0 Å². The van der Waals surface area contributed by atoms with Crippen LogP contribution >= 0.6 is 0 Å². The zero-order valence-corrected chi connectivity index (χ0v) is 29.8. The van der Waals surface area contributed by atoms with Crippen LogP contribution in [0.25, 0.3) is 105 Å². The van der Waals surface area contributed by atoms with Crippen LogP contribution in [-0.4, -0.2) is 19.5 Å². The molecule has 0 unspecified atom stereocenters. The van der Waals surface area contributed by atoms with Crippen LogP contribution in [0.4, 0.5) is 0 Å². The van der Waals surface area contributed by atoms with Crippen molar-refractivity contribution in [3.63, 3.8) is 0 Å². The minimum Gasteiger partial charge on any atom is -0.309 e. The minimum absolute atomic E-state index is 0.624. The van der Waals surface area contributed by atoms with E-state index < -0.39 is 0 Å². The van der Waals surface area contributed by atoms with Crippen molar-refractivity contribution in [1.29, 1.82) is 0 Å². The van der Waals surface area contributed by atoms with E-state index in [4.69, 9.17) is 15.0 Å². The second-order valence-corrected chi connectivity index (χ2v) is 14.1. The molecule has 4 nitrogen and oxygen atoms in total. The summed E-state index contributed by atoms with van der Waals surface area (Å²) in [6.45, 7) is 0. The lowest BCUT2D eigenvalue weighted by Crippen LogP contribution is -2.02. The van der Waals surface area contributed by atoms with Crippen molar-refractivity contribution in [3.8, 4) is 51.0 Å². The van der Waals surface area contributed by atoms with Gasteiger partial charge in [-0.25, -0.2) is 15.0 Å². The van der Waals surface area contributed by atoms with Crippen LogP contribution in [0.2, 0.25) is 0 Å². The van der Waals surface area contributed by atoms with Gasteiger partial charge in [-0.2, -0.15) is 0 Å². The molecular formula is C51H32N4. The first-order valence-electron chi connectivity index (χ1n) is 18.6. The summed E-state index contributed by atoms with van der Waals surface area (Å²) in [5.74, 6) is 1.90. The second-order valence-electron chi connectivity index (χ2n) is 14.1. The molecule has 2 aromatic heterocycles. The van der Waals surface area contributed by atoms with Gasteiger partial charge < -0.3 is 4.57 Å². The Hall–Kier alpha value is -7.43. The SMILES string of the molecule is c1ccc(-c2nc(-c3ccc(-n4c5ccccc5c5cc6ccccc6cc54)c(-c4ccc5ccccc5c4)c3)nc(-c3ccc4ccccc4c3)n2)cc1. The predicted octanol–water partition coefficient (Wildman–Crippen LogP) is 13.1. The van der Waals surface area contributed by atoms with Crippen LogP contribution in [0, 0.1) is 0 Å². The summed E-state index contributed by atoms with van der Waals surface area (Å²) in [6, 6.07) is 68.9. The van der Waals surface area contributed by atoms with Gasteiger partial charge in [-0.3, -0.25) is 0 Å². The van der Waals surface area contributed by atoms with Crippen molar-refractivity contribution in [2.45, 2.75) is 0 Å². The molecule has 2 heterocycles. The van der Waals surface area contributed by atoms with Gasteiger partial charge in [-0.05, 0) is 86.4 Å². The molecule has 0 saturated carbocycles. The molecule has 4 heteroatoms. The zero-order chi connectivity index (χ0) is 36.3. The van der Waals surface area contributed by atoms with E-state index in [1.807, 2.05) is 18.2 Å². The first-order chi connectivity index (χ1) is 27.2. The van der Waals surface area contributed by atoms with E-state index in [9.17, 15) is 0 Å². The van der Waals surface area contributed by atoms with Gasteiger partial charge in [0.2, 0.25) is 0 Å². The molecule has 0 fully saturated rings. The van der Waals surface area contributed by atoms with Gasteiger partial charge in [-0.1, -0.05) is 146 Å². The summed E-state index contributed by atoms with van der Waals surface area (Å²) in [5, 5.41) is 9.61. The summed E-state index contributed by atoms with van der Waals surface area (Å²) < 4.78 is 2.43. The molecule has 0 N–H and O–H groups in total. The maximum Gasteiger partial charge on any atom is 0.164 e. The van der Waals surface area contributed by atoms with Gasteiger partial charge in [0.25, 0.3) is 0 Å². The van der Waals surface area contributed by atoms with E-state index in [0.29, 0.717) is 17.5 Å². The largest absolute Gasteiger partial charge is 0.309 e. The van der Waals surface area contributed by atoms with E-state index in [1.54, 1.807) is 0 Å². The molecule has 0 spiro atoms. The Balaban J connectivity index is 1.18. The quantitative estimate of drug-likeness (QED) is 0.179. The van der Waals surface area contributed by atoms with E-state index in [-0.39, 0.29) is 0 Å². The predicted molar refractivity (Wildman–Crippen MR) is 228 cm³/mol. The standard InChI is InChI=1S/C51H32N4/c1-2-14-35(15-3-1)49-52-50(41-25-23-34-13-5-7-17-37(34)29-41)54-51(53-49)42-26-27-47(44(31-42)40-24-22-33-12-4-6-16-36(33)28-40)55-46-21-11-10-20-43(46)45-30-38-18-8-9-19-39(38)32-48(45)55/h1-32H. The molecule has 55 heavy (non-hydrogen) atoms. The lowest BCUT2D eigenvalue weighted by atomic mass is 9.97.